The maximum absolute atomic E-state index is 13.8. The summed E-state index contributed by atoms with van der Waals surface area (Å²) in [7, 11) is 6.71. The molecule has 0 saturated heterocycles. The summed E-state index contributed by atoms with van der Waals surface area (Å²) in [6, 6.07) is 8.77. The lowest BCUT2D eigenvalue weighted by molar-refractivity contribution is -0.139. The third-order valence-electron chi connectivity index (χ3n) is 6.74. The van der Waals surface area contributed by atoms with Gasteiger partial charge in [0.15, 0.2) is 0 Å². The molecule has 0 fully saturated rings. The van der Waals surface area contributed by atoms with E-state index in [1.165, 1.54) is 54.1 Å². The van der Waals surface area contributed by atoms with Crippen molar-refractivity contribution >= 4 is 23.6 Å². The fourth-order valence-corrected chi connectivity index (χ4v) is 4.59. The molecular weight excluding hydrogens is 539 g/mol. The van der Waals surface area contributed by atoms with Gasteiger partial charge in [-0.2, -0.15) is 18.4 Å². The number of ether oxygens (including phenoxy) is 1. The number of nitriles is 1. The minimum atomic E-state index is -4.65. The van der Waals surface area contributed by atoms with Crippen molar-refractivity contribution in [1.29, 1.82) is 5.26 Å². The van der Waals surface area contributed by atoms with Gasteiger partial charge in [0.1, 0.15) is 0 Å². The van der Waals surface area contributed by atoms with E-state index in [4.69, 9.17) is 4.74 Å². The number of hydrogen-bond acceptors (Lipinski definition) is 6. The highest BCUT2D eigenvalue weighted by atomic mass is 19.4. The average Bonchev–Trinajstić information content (AvgIpc) is 2.92. The van der Waals surface area contributed by atoms with Crippen LogP contribution in [0.1, 0.15) is 46.9 Å². The monoisotopic (exact) mass is 571 g/mol. The molecule has 3 amide bonds. The summed E-state index contributed by atoms with van der Waals surface area (Å²) in [6.45, 7) is 3.97. The molecule has 1 aliphatic heterocycles. The van der Waals surface area contributed by atoms with Crippen molar-refractivity contribution in [3.05, 3.63) is 76.0 Å². The first-order chi connectivity index (χ1) is 19.2. The lowest BCUT2D eigenvalue weighted by Crippen LogP contribution is -2.49. The maximum atomic E-state index is 13.8. The van der Waals surface area contributed by atoms with Crippen LogP contribution in [0.4, 0.5) is 23.7 Å². The van der Waals surface area contributed by atoms with Crippen LogP contribution in [-0.2, 0) is 15.7 Å². The standard InChI is InChI=1S/C29H32F3N5O4/c1-7-41-27(39)24-18(2)37(21-10-8-9-20(16-21)29(30,31)32)28(40)36(6)25(24)22-12-11-19(17-33)15-23(22)26(38)35(5)14-13-34(3)4/h8-12,15-16,25H,7,13-14H2,1-6H3. The Labute approximate surface area is 237 Å². The van der Waals surface area contributed by atoms with Crippen molar-refractivity contribution in [3.63, 3.8) is 0 Å². The van der Waals surface area contributed by atoms with Gasteiger partial charge in [-0.05, 0) is 63.8 Å². The van der Waals surface area contributed by atoms with Crippen LogP contribution in [-0.4, -0.2) is 80.5 Å². The highest BCUT2D eigenvalue weighted by molar-refractivity contribution is 6.04. The third-order valence-corrected chi connectivity index (χ3v) is 6.74. The predicted octanol–water partition coefficient (Wildman–Crippen LogP) is 4.66. The molecular formula is C29H32F3N5O4. The highest BCUT2D eigenvalue weighted by Crippen LogP contribution is 2.41. The van der Waals surface area contributed by atoms with Crippen LogP contribution in [0.3, 0.4) is 0 Å². The number of halogens is 3. The van der Waals surface area contributed by atoms with Crippen LogP contribution < -0.4 is 4.90 Å². The Balaban J connectivity index is 2.25. The van der Waals surface area contributed by atoms with E-state index in [2.05, 4.69) is 0 Å². The lowest BCUT2D eigenvalue weighted by atomic mass is 9.88. The van der Waals surface area contributed by atoms with E-state index in [0.717, 1.165) is 17.0 Å². The van der Waals surface area contributed by atoms with E-state index in [1.54, 1.807) is 14.0 Å². The van der Waals surface area contributed by atoms with Crippen LogP contribution in [0.2, 0.25) is 0 Å². The number of carbonyl (C=O) groups is 3. The van der Waals surface area contributed by atoms with Crippen molar-refractivity contribution in [2.45, 2.75) is 26.1 Å². The Bertz CT molecular complexity index is 1410. The summed E-state index contributed by atoms with van der Waals surface area (Å²) in [5, 5.41) is 9.53. The molecule has 0 saturated carbocycles. The molecule has 218 valence electrons. The van der Waals surface area contributed by atoms with E-state index in [9.17, 15) is 32.8 Å². The van der Waals surface area contributed by atoms with E-state index in [1.807, 2.05) is 25.1 Å². The molecule has 2 aromatic carbocycles. The molecule has 0 aromatic heterocycles. The van der Waals surface area contributed by atoms with Crippen LogP contribution in [0.15, 0.2) is 53.7 Å². The minimum Gasteiger partial charge on any atom is -0.463 e. The topological polar surface area (TPSA) is 97.2 Å². The first-order valence-electron chi connectivity index (χ1n) is 12.8. The molecule has 0 aliphatic carbocycles. The summed E-state index contributed by atoms with van der Waals surface area (Å²) >= 11 is 0. The van der Waals surface area contributed by atoms with Gasteiger partial charge >= 0.3 is 18.2 Å². The lowest BCUT2D eigenvalue weighted by Gasteiger charge is -2.41. The van der Waals surface area contributed by atoms with Gasteiger partial charge in [0.05, 0.1) is 41.1 Å². The van der Waals surface area contributed by atoms with Gasteiger partial charge in [-0.1, -0.05) is 12.1 Å². The predicted molar refractivity (Wildman–Crippen MR) is 146 cm³/mol. The second-order valence-electron chi connectivity index (χ2n) is 9.84. The molecule has 0 bridgehead atoms. The Hall–Kier alpha value is -4.37. The van der Waals surface area contributed by atoms with Crippen LogP contribution in [0, 0.1) is 11.3 Å². The molecule has 0 radical (unpaired) electrons. The Morgan fingerprint density at radius 1 is 1.10 bits per heavy atom. The van der Waals surface area contributed by atoms with Crippen LogP contribution in [0.5, 0.6) is 0 Å². The first-order valence-corrected chi connectivity index (χ1v) is 12.8. The Kier molecular flexibility index (Phi) is 9.45. The highest BCUT2D eigenvalue weighted by Gasteiger charge is 2.43. The number of likely N-dealkylation sites (N-methyl/N-ethyl adjacent to an activating group) is 3. The largest absolute Gasteiger partial charge is 0.463 e. The van der Waals surface area contributed by atoms with Crippen LogP contribution >= 0.6 is 0 Å². The number of amides is 3. The number of alkyl halides is 3. The van der Waals surface area contributed by atoms with Gasteiger partial charge in [0.2, 0.25) is 0 Å². The van der Waals surface area contributed by atoms with E-state index < -0.39 is 35.7 Å². The Morgan fingerprint density at radius 2 is 1.78 bits per heavy atom. The number of benzene rings is 2. The quantitative estimate of drug-likeness (QED) is 0.428. The molecule has 3 rings (SSSR count). The maximum Gasteiger partial charge on any atom is 0.416 e. The van der Waals surface area contributed by atoms with Crippen molar-refractivity contribution < 1.29 is 32.3 Å². The van der Waals surface area contributed by atoms with Gasteiger partial charge in [-0.3, -0.25) is 9.69 Å². The summed E-state index contributed by atoms with van der Waals surface area (Å²) in [5.41, 5.74) is -0.440. The number of nitrogens with zero attached hydrogens (tertiary/aromatic N) is 5. The normalized spacial score (nSPS) is 15.7. The fourth-order valence-electron chi connectivity index (χ4n) is 4.59. The number of anilines is 1. The SMILES string of the molecule is CCOC(=O)C1=C(C)N(c2cccc(C(F)(F)F)c2)C(=O)N(C)C1c1ccc(C#N)cc1C(=O)N(C)CCN(C)C. The summed E-state index contributed by atoms with van der Waals surface area (Å²) in [4.78, 5) is 46.3. The van der Waals surface area contributed by atoms with Gasteiger partial charge in [0, 0.05) is 38.4 Å². The van der Waals surface area contributed by atoms with Gasteiger partial charge in [-0.25, -0.2) is 9.59 Å². The van der Waals surface area contributed by atoms with E-state index >= 15 is 0 Å². The van der Waals surface area contributed by atoms with Gasteiger partial charge < -0.3 is 19.4 Å². The summed E-state index contributed by atoms with van der Waals surface area (Å²) < 4.78 is 45.8. The molecule has 12 heteroatoms. The minimum absolute atomic E-state index is 0.00398. The van der Waals surface area contributed by atoms with Crippen molar-refractivity contribution in [3.8, 4) is 6.07 Å². The summed E-state index contributed by atoms with van der Waals surface area (Å²) in [6.07, 6.45) is -4.65. The first kappa shape index (κ1) is 31.2. The Morgan fingerprint density at radius 3 is 2.37 bits per heavy atom. The van der Waals surface area contributed by atoms with E-state index in [-0.39, 0.29) is 40.3 Å². The second-order valence-corrected chi connectivity index (χ2v) is 9.84. The van der Waals surface area contributed by atoms with Gasteiger partial charge in [0.25, 0.3) is 5.91 Å². The molecule has 1 atom stereocenters. The van der Waals surface area contributed by atoms with E-state index in [0.29, 0.717) is 13.1 Å². The van der Waals surface area contributed by atoms with Crippen molar-refractivity contribution in [2.75, 3.05) is 52.8 Å². The smallest absolute Gasteiger partial charge is 0.416 e. The third kappa shape index (κ3) is 6.52. The molecule has 0 spiro atoms. The average molecular weight is 572 g/mol. The molecule has 1 aliphatic rings. The number of carbonyl (C=O) groups excluding carboxylic acids is 3. The molecule has 1 heterocycles. The fraction of sp³-hybridized carbons (Fsp3) is 0.379. The number of allylic oxidation sites excluding steroid dienone is 1. The number of rotatable bonds is 8. The van der Waals surface area contributed by atoms with Gasteiger partial charge in [-0.15, -0.1) is 0 Å². The number of urea groups is 1. The molecule has 1 unspecified atom stereocenters. The number of hydrogen-bond donors (Lipinski definition) is 0. The summed E-state index contributed by atoms with van der Waals surface area (Å²) in [5.74, 6) is -1.23. The zero-order valence-electron chi connectivity index (χ0n) is 23.7. The van der Waals surface area contributed by atoms with Crippen LogP contribution in [0.25, 0.3) is 0 Å². The molecule has 41 heavy (non-hydrogen) atoms. The zero-order chi connectivity index (χ0) is 30.6. The zero-order valence-corrected chi connectivity index (χ0v) is 23.7. The number of esters is 1. The second kappa shape index (κ2) is 12.4. The van der Waals surface area contributed by atoms with Crippen molar-refractivity contribution in [1.82, 2.24) is 14.7 Å². The molecule has 9 nitrogen and oxygen atoms in total. The molecule has 0 N–H and O–H groups in total. The van der Waals surface area contributed by atoms with Crippen molar-refractivity contribution in [2.24, 2.45) is 0 Å². The molecule has 2 aromatic rings.